The van der Waals surface area contributed by atoms with E-state index in [-0.39, 0.29) is 5.91 Å². The summed E-state index contributed by atoms with van der Waals surface area (Å²) in [4.78, 5) is 21.4. The summed E-state index contributed by atoms with van der Waals surface area (Å²) in [6.07, 6.45) is 6.21. The highest BCUT2D eigenvalue weighted by atomic mass is 16.1. The summed E-state index contributed by atoms with van der Waals surface area (Å²) in [6.45, 7) is 2.35. The second kappa shape index (κ2) is 6.65. The van der Waals surface area contributed by atoms with Gasteiger partial charge in [0.2, 0.25) is 5.91 Å². The van der Waals surface area contributed by atoms with Gasteiger partial charge >= 0.3 is 0 Å². The van der Waals surface area contributed by atoms with E-state index in [9.17, 15) is 4.79 Å². The molecule has 0 atom stereocenters. The number of carbonyl (C=O) groups is 1. The summed E-state index contributed by atoms with van der Waals surface area (Å²) in [7, 11) is 2.00. The first kappa shape index (κ1) is 14.0. The Bertz CT molecular complexity index is 554. The number of anilines is 2. The summed E-state index contributed by atoms with van der Waals surface area (Å²) < 4.78 is 0. The fraction of sp³-hybridized carbons (Fsp3) is 0.267. The molecule has 2 aromatic heterocycles. The van der Waals surface area contributed by atoms with E-state index in [0.29, 0.717) is 5.69 Å². The van der Waals surface area contributed by atoms with Crippen LogP contribution in [0.1, 0.15) is 12.5 Å². The van der Waals surface area contributed by atoms with Crippen molar-refractivity contribution in [2.75, 3.05) is 23.8 Å². The van der Waals surface area contributed by atoms with Gasteiger partial charge in [-0.15, -0.1) is 0 Å². The molecule has 0 fully saturated rings. The van der Waals surface area contributed by atoms with E-state index < -0.39 is 0 Å². The lowest BCUT2D eigenvalue weighted by molar-refractivity contribution is -0.114. The van der Waals surface area contributed by atoms with Crippen LogP contribution < -0.4 is 10.2 Å². The second-order valence-corrected chi connectivity index (χ2v) is 4.61. The van der Waals surface area contributed by atoms with E-state index in [1.165, 1.54) is 12.5 Å². The Morgan fingerprint density at radius 2 is 2.00 bits per heavy atom. The number of likely N-dealkylation sites (N-methyl/N-ethyl adjacent to an activating group) is 1. The predicted molar refractivity (Wildman–Crippen MR) is 79.8 cm³/mol. The molecule has 5 nitrogen and oxygen atoms in total. The average molecular weight is 270 g/mol. The number of pyridine rings is 2. The average Bonchev–Trinajstić information content (AvgIpc) is 2.46. The topological polar surface area (TPSA) is 58.1 Å². The Kier molecular flexibility index (Phi) is 4.65. The fourth-order valence-corrected chi connectivity index (χ4v) is 1.85. The number of aromatic nitrogens is 2. The van der Waals surface area contributed by atoms with Gasteiger partial charge in [0.1, 0.15) is 5.82 Å². The molecule has 104 valence electrons. The molecule has 2 rings (SSSR count). The molecular formula is C15H18N4O. The first-order valence-electron chi connectivity index (χ1n) is 6.49. The minimum atomic E-state index is -0.0920. The Hall–Kier alpha value is -2.43. The molecule has 0 bridgehead atoms. The van der Waals surface area contributed by atoms with Crippen LogP contribution in [0.3, 0.4) is 0 Å². The third-order valence-corrected chi connectivity index (χ3v) is 2.94. The van der Waals surface area contributed by atoms with Crippen molar-refractivity contribution in [1.82, 2.24) is 9.97 Å². The molecule has 20 heavy (non-hydrogen) atoms. The number of nitrogens with zero attached hydrogens (tertiary/aromatic N) is 3. The van der Waals surface area contributed by atoms with Crippen molar-refractivity contribution < 1.29 is 4.79 Å². The van der Waals surface area contributed by atoms with Crippen LogP contribution in [-0.4, -0.2) is 29.5 Å². The molecule has 0 aliphatic heterocycles. The zero-order chi connectivity index (χ0) is 14.4. The number of hydrogen-bond donors (Lipinski definition) is 1. The highest BCUT2D eigenvalue weighted by Gasteiger charge is 2.03. The Labute approximate surface area is 118 Å². The smallest absolute Gasteiger partial charge is 0.221 e. The maximum atomic E-state index is 10.9. The first-order valence-corrected chi connectivity index (χ1v) is 6.49. The number of amides is 1. The van der Waals surface area contributed by atoms with Crippen molar-refractivity contribution in [3.05, 3.63) is 48.4 Å². The first-order chi connectivity index (χ1) is 9.65. The largest absolute Gasteiger partial charge is 0.359 e. The van der Waals surface area contributed by atoms with Crippen LogP contribution in [0.4, 0.5) is 11.5 Å². The summed E-state index contributed by atoms with van der Waals surface area (Å²) in [5.74, 6) is 0.791. The molecule has 0 spiro atoms. The second-order valence-electron chi connectivity index (χ2n) is 4.61. The van der Waals surface area contributed by atoms with E-state index >= 15 is 0 Å². The summed E-state index contributed by atoms with van der Waals surface area (Å²) in [5, 5.41) is 2.70. The quantitative estimate of drug-likeness (QED) is 0.904. The molecule has 0 unspecified atom stereocenters. The molecule has 1 amide bonds. The minimum Gasteiger partial charge on any atom is -0.359 e. The third-order valence-electron chi connectivity index (χ3n) is 2.94. The molecule has 2 heterocycles. The van der Waals surface area contributed by atoms with Crippen LogP contribution in [0.25, 0.3) is 0 Å². The predicted octanol–water partition coefficient (Wildman–Crippen LogP) is 2.11. The van der Waals surface area contributed by atoms with E-state index in [1.54, 1.807) is 18.6 Å². The van der Waals surface area contributed by atoms with Crippen molar-refractivity contribution in [1.29, 1.82) is 0 Å². The third kappa shape index (κ3) is 4.05. The van der Waals surface area contributed by atoms with Gasteiger partial charge in [0.25, 0.3) is 0 Å². The molecule has 1 N–H and O–H groups in total. The van der Waals surface area contributed by atoms with Gasteiger partial charge in [0.05, 0.1) is 11.9 Å². The normalized spacial score (nSPS) is 10.1. The molecule has 5 heteroatoms. The monoisotopic (exact) mass is 270 g/mol. The maximum absolute atomic E-state index is 10.9. The maximum Gasteiger partial charge on any atom is 0.221 e. The van der Waals surface area contributed by atoms with E-state index in [1.807, 2.05) is 31.3 Å². The highest BCUT2D eigenvalue weighted by molar-refractivity contribution is 5.88. The van der Waals surface area contributed by atoms with E-state index in [2.05, 4.69) is 20.2 Å². The van der Waals surface area contributed by atoms with Gasteiger partial charge in [-0.25, -0.2) is 4.98 Å². The van der Waals surface area contributed by atoms with Crippen molar-refractivity contribution >= 4 is 17.4 Å². The number of rotatable bonds is 5. The van der Waals surface area contributed by atoms with Crippen LogP contribution in [0.15, 0.2) is 42.9 Å². The Balaban J connectivity index is 1.92. The molecule has 0 saturated heterocycles. The number of hydrogen-bond acceptors (Lipinski definition) is 4. The van der Waals surface area contributed by atoms with Gasteiger partial charge in [-0.2, -0.15) is 0 Å². The molecule has 2 aromatic rings. The summed E-state index contributed by atoms with van der Waals surface area (Å²) in [6, 6.07) is 7.78. The van der Waals surface area contributed by atoms with Crippen molar-refractivity contribution in [2.45, 2.75) is 13.3 Å². The standard InChI is InChI=1S/C15H18N4O/c1-12(20)18-14-3-4-15(17-11-14)19(2)10-7-13-5-8-16-9-6-13/h3-6,8-9,11H,7,10H2,1-2H3,(H,18,20). The number of nitrogens with one attached hydrogen (secondary N) is 1. The van der Waals surface area contributed by atoms with Crippen LogP contribution in [0, 0.1) is 0 Å². The Morgan fingerprint density at radius 1 is 1.25 bits per heavy atom. The minimum absolute atomic E-state index is 0.0920. The molecule has 0 aliphatic rings. The molecular weight excluding hydrogens is 252 g/mol. The van der Waals surface area contributed by atoms with Gasteiger partial charge in [0, 0.05) is 32.9 Å². The van der Waals surface area contributed by atoms with Crippen molar-refractivity contribution in [2.24, 2.45) is 0 Å². The molecule has 0 aromatic carbocycles. The molecule has 0 aliphatic carbocycles. The number of carbonyl (C=O) groups excluding carboxylic acids is 1. The van der Waals surface area contributed by atoms with Crippen molar-refractivity contribution in [3.63, 3.8) is 0 Å². The summed E-state index contributed by atoms with van der Waals surface area (Å²) >= 11 is 0. The fourth-order valence-electron chi connectivity index (χ4n) is 1.85. The van der Waals surface area contributed by atoms with Gasteiger partial charge < -0.3 is 10.2 Å². The molecule has 0 saturated carbocycles. The lowest BCUT2D eigenvalue weighted by atomic mass is 10.2. The zero-order valence-electron chi connectivity index (χ0n) is 11.7. The van der Waals surface area contributed by atoms with Gasteiger partial charge in [0.15, 0.2) is 0 Å². The SMILES string of the molecule is CC(=O)Nc1ccc(N(C)CCc2ccncc2)nc1. The van der Waals surface area contributed by atoms with Gasteiger partial charge in [-0.05, 0) is 36.2 Å². The lowest BCUT2D eigenvalue weighted by Gasteiger charge is -2.18. The Morgan fingerprint density at radius 3 is 2.60 bits per heavy atom. The van der Waals surface area contributed by atoms with Gasteiger partial charge in [-0.3, -0.25) is 9.78 Å². The van der Waals surface area contributed by atoms with Crippen LogP contribution in [0.2, 0.25) is 0 Å². The van der Waals surface area contributed by atoms with Crippen LogP contribution in [0.5, 0.6) is 0 Å². The van der Waals surface area contributed by atoms with Crippen LogP contribution in [-0.2, 0) is 11.2 Å². The molecule has 0 radical (unpaired) electrons. The zero-order valence-corrected chi connectivity index (χ0v) is 11.7. The van der Waals surface area contributed by atoms with Crippen LogP contribution >= 0.6 is 0 Å². The van der Waals surface area contributed by atoms with Gasteiger partial charge in [-0.1, -0.05) is 0 Å². The van der Waals surface area contributed by atoms with E-state index in [4.69, 9.17) is 0 Å². The van der Waals surface area contributed by atoms with E-state index in [0.717, 1.165) is 18.8 Å². The lowest BCUT2D eigenvalue weighted by Crippen LogP contribution is -2.21. The van der Waals surface area contributed by atoms with Crippen molar-refractivity contribution in [3.8, 4) is 0 Å². The highest BCUT2D eigenvalue weighted by Crippen LogP contribution is 2.13. The summed E-state index contributed by atoms with van der Waals surface area (Å²) in [5.41, 5.74) is 1.96.